The molecule has 0 bridgehead atoms. The molecule has 0 saturated carbocycles. The van der Waals surface area contributed by atoms with Crippen molar-refractivity contribution in [2.24, 2.45) is 16.0 Å². The molecule has 0 spiro atoms. The summed E-state index contributed by atoms with van der Waals surface area (Å²) in [4.78, 5) is 5.56. The van der Waals surface area contributed by atoms with Crippen molar-refractivity contribution in [1.29, 1.82) is 0 Å². The predicted molar refractivity (Wildman–Crippen MR) is 99.8 cm³/mol. The molecule has 5 heteroatoms. The molecule has 3 aromatic rings. The summed E-state index contributed by atoms with van der Waals surface area (Å²) in [5.41, 5.74) is 3.05. The Bertz CT molecular complexity index is 868. The molecule has 0 fully saturated rings. The van der Waals surface area contributed by atoms with Gasteiger partial charge < -0.3 is 4.42 Å². The summed E-state index contributed by atoms with van der Waals surface area (Å²) in [5.74, 6) is 1.36. The molecule has 124 valence electrons. The molecular formula is C19H21N3OS. The summed E-state index contributed by atoms with van der Waals surface area (Å²) in [7, 11) is 0. The van der Waals surface area contributed by atoms with Crippen molar-refractivity contribution in [1.82, 2.24) is 4.68 Å². The minimum Gasteiger partial charge on any atom is -0.463 e. The van der Waals surface area contributed by atoms with Crippen LogP contribution in [0, 0.1) is 12.8 Å². The summed E-state index contributed by atoms with van der Waals surface area (Å²) < 4.78 is 7.39. The van der Waals surface area contributed by atoms with E-state index in [9.17, 15) is 0 Å². The highest BCUT2D eigenvalue weighted by molar-refractivity contribution is 7.07. The van der Waals surface area contributed by atoms with Gasteiger partial charge in [-0.25, -0.2) is 9.67 Å². The lowest BCUT2D eigenvalue weighted by Gasteiger charge is -2.02. The summed E-state index contributed by atoms with van der Waals surface area (Å²) in [6.07, 6.45) is 4.54. The van der Waals surface area contributed by atoms with E-state index in [1.54, 1.807) is 17.6 Å². The first kappa shape index (κ1) is 16.5. The number of rotatable bonds is 5. The minimum atomic E-state index is 0.567. The number of furan rings is 1. The van der Waals surface area contributed by atoms with E-state index in [2.05, 4.69) is 38.0 Å². The predicted octanol–water partition coefficient (Wildman–Crippen LogP) is 5.23. The molecule has 0 saturated heterocycles. The van der Waals surface area contributed by atoms with Crippen LogP contribution < -0.4 is 4.80 Å². The van der Waals surface area contributed by atoms with E-state index in [1.165, 1.54) is 5.56 Å². The molecule has 0 amide bonds. The van der Waals surface area contributed by atoms with Crippen molar-refractivity contribution in [2.45, 2.75) is 27.2 Å². The first-order valence-corrected chi connectivity index (χ1v) is 8.90. The zero-order valence-electron chi connectivity index (χ0n) is 14.1. The number of aromatic nitrogens is 1. The third kappa shape index (κ3) is 3.92. The highest BCUT2D eigenvalue weighted by atomic mass is 32.1. The highest BCUT2D eigenvalue weighted by Gasteiger charge is 2.09. The summed E-state index contributed by atoms with van der Waals surface area (Å²) in [6, 6.07) is 12.0. The minimum absolute atomic E-state index is 0.567. The van der Waals surface area contributed by atoms with Crippen LogP contribution >= 0.6 is 11.3 Å². The van der Waals surface area contributed by atoms with E-state index < -0.39 is 0 Å². The Morgan fingerprint density at radius 1 is 1.21 bits per heavy atom. The second-order valence-corrected chi connectivity index (χ2v) is 6.90. The van der Waals surface area contributed by atoms with Crippen LogP contribution in [0.1, 0.15) is 25.8 Å². The van der Waals surface area contributed by atoms with Gasteiger partial charge in [0, 0.05) is 11.6 Å². The van der Waals surface area contributed by atoms with E-state index in [0.717, 1.165) is 28.4 Å². The maximum Gasteiger partial charge on any atom is 0.211 e. The fourth-order valence-electron chi connectivity index (χ4n) is 2.15. The van der Waals surface area contributed by atoms with E-state index in [0.29, 0.717) is 5.92 Å². The topological polar surface area (TPSA) is 42.8 Å². The van der Waals surface area contributed by atoms with Gasteiger partial charge in [-0.1, -0.05) is 31.5 Å². The number of thiazole rings is 1. The second-order valence-electron chi connectivity index (χ2n) is 6.07. The quantitative estimate of drug-likeness (QED) is 0.587. The normalized spacial score (nSPS) is 12.6. The van der Waals surface area contributed by atoms with E-state index in [-0.39, 0.29) is 0 Å². The zero-order valence-corrected chi connectivity index (χ0v) is 15.0. The SMILES string of the molecule is Cc1ccc(N=c2scc(-c3ccco3)n2N=CCC(C)C)cc1. The van der Waals surface area contributed by atoms with Crippen molar-refractivity contribution in [3.8, 4) is 11.5 Å². The third-order valence-corrected chi connectivity index (χ3v) is 4.31. The Morgan fingerprint density at radius 2 is 2.00 bits per heavy atom. The average Bonchev–Trinajstić information content (AvgIpc) is 3.19. The zero-order chi connectivity index (χ0) is 16.9. The van der Waals surface area contributed by atoms with Crippen LogP contribution in [0.4, 0.5) is 5.69 Å². The van der Waals surface area contributed by atoms with Gasteiger partial charge in [0.05, 0.1) is 12.0 Å². The molecule has 0 aliphatic carbocycles. The van der Waals surface area contributed by atoms with E-state index >= 15 is 0 Å². The fourth-order valence-corrected chi connectivity index (χ4v) is 2.99. The molecule has 4 nitrogen and oxygen atoms in total. The fraction of sp³-hybridized carbons (Fsp3) is 0.263. The molecule has 0 unspecified atom stereocenters. The van der Waals surface area contributed by atoms with Crippen molar-refractivity contribution < 1.29 is 4.42 Å². The summed E-state index contributed by atoms with van der Waals surface area (Å²) in [6.45, 7) is 6.42. The van der Waals surface area contributed by atoms with Gasteiger partial charge in [-0.05, 0) is 43.5 Å². The lowest BCUT2D eigenvalue weighted by atomic mass is 10.2. The number of hydrogen-bond acceptors (Lipinski definition) is 4. The molecule has 0 radical (unpaired) electrons. The van der Waals surface area contributed by atoms with Gasteiger partial charge in [-0.15, -0.1) is 11.3 Å². The van der Waals surface area contributed by atoms with Crippen LogP contribution in [0.2, 0.25) is 0 Å². The monoisotopic (exact) mass is 339 g/mol. The molecule has 24 heavy (non-hydrogen) atoms. The first-order valence-electron chi connectivity index (χ1n) is 8.02. The molecule has 1 aromatic carbocycles. The molecule has 0 N–H and O–H groups in total. The standard InChI is InChI=1S/C19H21N3OS/c1-14(2)10-11-20-22-17(18-5-4-12-23-18)13-24-19(22)21-16-8-6-15(3)7-9-16/h4-9,11-14H,10H2,1-3H3. The Labute approximate surface area is 145 Å². The van der Waals surface area contributed by atoms with Gasteiger partial charge in [0.1, 0.15) is 5.69 Å². The molecule has 0 aliphatic rings. The van der Waals surface area contributed by atoms with Crippen LogP contribution in [0.15, 0.2) is 62.6 Å². The van der Waals surface area contributed by atoms with E-state index in [4.69, 9.17) is 9.41 Å². The average molecular weight is 339 g/mol. The maximum atomic E-state index is 5.54. The molecule has 2 heterocycles. The van der Waals surface area contributed by atoms with Crippen molar-refractivity contribution in [3.05, 3.63) is 58.4 Å². The van der Waals surface area contributed by atoms with Gasteiger partial charge in [0.2, 0.25) is 4.80 Å². The lowest BCUT2D eigenvalue weighted by Crippen LogP contribution is -2.11. The Kier molecular flexibility index (Phi) is 5.11. The number of hydrogen-bond donors (Lipinski definition) is 0. The maximum absolute atomic E-state index is 5.54. The Hall–Kier alpha value is -2.40. The number of nitrogens with zero attached hydrogens (tertiary/aromatic N) is 3. The second kappa shape index (κ2) is 7.45. The number of benzene rings is 1. The largest absolute Gasteiger partial charge is 0.463 e. The summed E-state index contributed by atoms with van der Waals surface area (Å²) >= 11 is 1.55. The molecule has 0 aliphatic heterocycles. The molecule has 0 atom stereocenters. The smallest absolute Gasteiger partial charge is 0.211 e. The van der Waals surface area contributed by atoms with Gasteiger partial charge in [0.25, 0.3) is 0 Å². The number of aryl methyl sites for hydroxylation is 1. The van der Waals surface area contributed by atoms with Gasteiger partial charge in [0.15, 0.2) is 5.76 Å². The van der Waals surface area contributed by atoms with Gasteiger partial charge in [-0.2, -0.15) is 5.10 Å². The van der Waals surface area contributed by atoms with Gasteiger partial charge >= 0.3 is 0 Å². The van der Waals surface area contributed by atoms with Crippen molar-refractivity contribution in [2.75, 3.05) is 0 Å². The highest BCUT2D eigenvalue weighted by Crippen LogP contribution is 2.21. The van der Waals surface area contributed by atoms with Crippen molar-refractivity contribution in [3.63, 3.8) is 0 Å². The lowest BCUT2D eigenvalue weighted by molar-refractivity contribution is 0.575. The first-order chi connectivity index (χ1) is 11.6. The molecule has 2 aromatic heterocycles. The van der Waals surface area contributed by atoms with Gasteiger partial charge in [-0.3, -0.25) is 0 Å². The Balaban J connectivity index is 2.05. The van der Waals surface area contributed by atoms with E-state index in [1.807, 2.05) is 40.5 Å². The van der Waals surface area contributed by atoms with Crippen molar-refractivity contribution >= 4 is 23.2 Å². The van der Waals surface area contributed by atoms with Crippen LogP contribution in [0.3, 0.4) is 0 Å². The Morgan fingerprint density at radius 3 is 2.67 bits per heavy atom. The third-order valence-electron chi connectivity index (χ3n) is 3.49. The summed E-state index contributed by atoms with van der Waals surface area (Å²) in [5, 5.41) is 6.65. The van der Waals surface area contributed by atoms with Crippen LogP contribution in [0.5, 0.6) is 0 Å². The van der Waals surface area contributed by atoms with Crippen LogP contribution in [-0.2, 0) is 0 Å². The molecule has 3 rings (SSSR count). The van der Waals surface area contributed by atoms with Crippen LogP contribution in [-0.4, -0.2) is 10.9 Å². The molecular weight excluding hydrogens is 318 g/mol. The van der Waals surface area contributed by atoms with Crippen LogP contribution in [0.25, 0.3) is 11.5 Å².